The quantitative estimate of drug-likeness (QED) is 0.686. The Hall–Kier alpha value is -3.05. The highest BCUT2D eigenvalue weighted by atomic mass is 19.1. The molecule has 0 saturated heterocycles. The maximum absolute atomic E-state index is 13.8. The molecule has 3 nitrogen and oxygen atoms in total. The minimum absolute atomic E-state index is 0.112. The number of nitrogens with two attached hydrogens (primary N) is 1. The average Bonchev–Trinajstić information content (AvgIpc) is 2.70. The van der Waals surface area contributed by atoms with E-state index in [4.69, 9.17) is 0 Å². The van der Waals surface area contributed by atoms with E-state index in [1.165, 1.54) is 6.07 Å². The van der Waals surface area contributed by atoms with Crippen molar-refractivity contribution in [2.45, 2.75) is 19.0 Å². The molecule has 0 aliphatic carbocycles. The third-order valence-corrected chi connectivity index (χ3v) is 4.42. The molecule has 0 fully saturated rings. The molecule has 0 heterocycles. The van der Waals surface area contributed by atoms with Gasteiger partial charge in [-0.25, -0.2) is 8.78 Å². The lowest BCUT2D eigenvalue weighted by atomic mass is 9.98. The van der Waals surface area contributed by atoms with Crippen LogP contribution in [0.4, 0.5) is 14.5 Å². The topological polar surface area (TPSA) is 45.7 Å². The van der Waals surface area contributed by atoms with E-state index >= 15 is 0 Å². The normalized spacial score (nSPS) is 12.0. The number of hydrogen-bond acceptors (Lipinski definition) is 1. The van der Waals surface area contributed by atoms with Crippen molar-refractivity contribution in [2.75, 3.05) is 5.32 Å². The molecular weight excluding hydrogens is 346 g/mol. The van der Waals surface area contributed by atoms with Gasteiger partial charge in [0.2, 0.25) is 0 Å². The number of carbonyl (C=O) groups excluding carboxylic acids is 1. The second-order valence-electron chi connectivity index (χ2n) is 6.37. The zero-order chi connectivity index (χ0) is 19.2. The lowest BCUT2D eigenvalue weighted by Gasteiger charge is -2.21. The first-order valence-electron chi connectivity index (χ1n) is 8.76. The van der Waals surface area contributed by atoms with E-state index in [1.54, 1.807) is 6.92 Å². The van der Waals surface area contributed by atoms with Crippen LogP contribution in [0, 0.1) is 11.6 Å². The van der Waals surface area contributed by atoms with Crippen LogP contribution in [0.25, 0.3) is 0 Å². The molecule has 0 unspecified atom stereocenters. The van der Waals surface area contributed by atoms with E-state index in [9.17, 15) is 13.6 Å². The van der Waals surface area contributed by atoms with Crippen molar-refractivity contribution < 1.29 is 18.9 Å². The molecule has 0 spiro atoms. The summed E-state index contributed by atoms with van der Waals surface area (Å²) in [6.45, 7) is 1.72. The molecule has 138 valence electrons. The number of halogens is 2. The first-order valence-corrected chi connectivity index (χ1v) is 8.76. The summed E-state index contributed by atoms with van der Waals surface area (Å²) in [5.41, 5.74) is 1.67. The number of carbonyl (C=O) groups is 1. The summed E-state index contributed by atoms with van der Waals surface area (Å²) in [7, 11) is 0. The Labute approximate surface area is 157 Å². The van der Waals surface area contributed by atoms with Crippen LogP contribution in [0.2, 0.25) is 0 Å². The molecule has 0 aliphatic rings. The van der Waals surface area contributed by atoms with Gasteiger partial charge in [0.15, 0.2) is 6.04 Å². The summed E-state index contributed by atoms with van der Waals surface area (Å²) in [5.74, 6) is -2.05. The fraction of sp³-hybridized carbons (Fsp3) is 0.136. The Balaban J connectivity index is 1.80. The fourth-order valence-corrected chi connectivity index (χ4v) is 2.97. The predicted octanol–water partition coefficient (Wildman–Crippen LogP) is 3.64. The summed E-state index contributed by atoms with van der Waals surface area (Å²) in [6.07, 6.45) is 0. The largest absolute Gasteiger partial charge is 0.326 e. The molecule has 0 aliphatic heterocycles. The molecule has 1 atom stereocenters. The second-order valence-corrected chi connectivity index (χ2v) is 6.37. The van der Waals surface area contributed by atoms with Gasteiger partial charge in [0, 0.05) is 11.1 Å². The first kappa shape index (κ1) is 18.7. The van der Waals surface area contributed by atoms with E-state index in [0.29, 0.717) is 0 Å². The van der Waals surface area contributed by atoms with E-state index in [1.807, 2.05) is 66.0 Å². The summed E-state index contributed by atoms with van der Waals surface area (Å²) < 4.78 is 27.6. The minimum atomic E-state index is -0.793. The van der Waals surface area contributed by atoms with E-state index in [0.717, 1.165) is 23.3 Å². The molecular formula is C22H21F2N2O+. The van der Waals surface area contributed by atoms with Crippen molar-refractivity contribution in [1.29, 1.82) is 0 Å². The van der Waals surface area contributed by atoms with Gasteiger partial charge in [-0.1, -0.05) is 66.7 Å². The number of para-hydroxylation sites is 1. The van der Waals surface area contributed by atoms with Gasteiger partial charge in [-0.15, -0.1) is 0 Å². The highest BCUT2D eigenvalue weighted by Gasteiger charge is 2.26. The van der Waals surface area contributed by atoms with Gasteiger partial charge in [-0.3, -0.25) is 4.79 Å². The third kappa shape index (κ3) is 4.57. The number of rotatable bonds is 6. The van der Waals surface area contributed by atoms with Crippen molar-refractivity contribution in [1.82, 2.24) is 0 Å². The number of hydrogen-bond donors (Lipinski definition) is 2. The monoisotopic (exact) mass is 367 g/mol. The standard InChI is InChI=1S/C22H20F2N2O/c1-15(22(27)26-21-18(23)13-8-14-19(21)24)25-20(16-9-4-2-5-10-16)17-11-6-3-7-12-17/h2-15,20,25H,1H3,(H,26,27)/p+1/t15-/m1/s1. The molecule has 3 rings (SSSR count). The molecule has 3 aromatic rings. The maximum Gasteiger partial charge on any atom is 0.282 e. The summed E-state index contributed by atoms with van der Waals surface area (Å²) in [4.78, 5) is 12.5. The van der Waals surface area contributed by atoms with Gasteiger partial charge in [-0.2, -0.15) is 0 Å². The summed E-state index contributed by atoms with van der Waals surface area (Å²) >= 11 is 0. The van der Waals surface area contributed by atoms with E-state index in [2.05, 4.69) is 5.32 Å². The first-order chi connectivity index (χ1) is 13.1. The van der Waals surface area contributed by atoms with E-state index in [-0.39, 0.29) is 6.04 Å². The molecule has 0 radical (unpaired) electrons. The third-order valence-electron chi connectivity index (χ3n) is 4.42. The SMILES string of the molecule is C[C@@H]([NH2+]C(c1ccccc1)c1ccccc1)C(=O)Nc1c(F)cccc1F. The van der Waals surface area contributed by atoms with Crippen LogP contribution < -0.4 is 10.6 Å². The molecule has 3 aromatic carbocycles. The van der Waals surface area contributed by atoms with Gasteiger partial charge < -0.3 is 10.6 Å². The minimum Gasteiger partial charge on any atom is -0.326 e. The predicted molar refractivity (Wildman–Crippen MR) is 101 cm³/mol. The van der Waals surface area contributed by atoms with Gasteiger partial charge in [0.1, 0.15) is 23.4 Å². The number of nitrogens with one attached hydrogen (secondary N) is 1. The zero-order valence-electron chi connectivity index (χ0n) is 14.9. The van der Waals surface area contributed by atoms with E-state index < -0.39 is 29.3 Å². The van der Waals surface area contributed by atoms with Gasteiger partial charge in [0.05, 0.1) is 0 Å². The number of amides is 1. The Bertz CT molecular complexity index is 841. The number of quaternary nitrogens is 1. The molecule has 27 heavy (non-hydrogen) atoms. The summed E-state index contributed by atoms with van der Waals surface area (Å²) in [5, 5.41) is 4.25. The van der Waals surface area contributed by atoms with Gasteiger partial charge in [0.25, 0.3) is 5.91 Å². The van der Waals surface area contributed by atoms with Crippen molar-refractivity contribution in [3.63, 3.8) is 0 Å². The number of benzene rings is 3. The van der Waals surface area contributed by atoms with Crippen LogP contribution in [0.15, 0.2) is 78.9 Å². The fourth-order valence-electron chi connectivity index (χ4n) is 2.97. The molecule has 0 bridgehead atoms. The Morgan fingerprint density at radius 2 is 1.30 bits per heavy atom. The summed E-state index contributed by atoms with van der Waals surface area (Å²) in [6, 6.07) is 22.4. The lowest BCUT2D eigenvalue weighted by molar-refractivity contribution is -0.704. The molecule has 5 heteroatoms. The Morgan fingerprint density at radius 3 is 1.78 bits per heavy atom. The molecule has 0 aromatic heterocycles. The average molecular weight is 367 g/mol. The molecule has 3 N–H and O–H groups in total. The molecule has 1 amide bonds. The van der Waals surface area contributed by atoms with Gasteiger partial charge in [-0.05, 0) is 19.1 Å². The zero-order valence-corrected chi connectivity index (χ0v) is 14.9. The Kier molecular flexibility index (Phi) is 5.94. The van der Waals surface area contributed by atoms with Crippen molar-refractivity contribution in [2.24, 2.45) is 0 Å². The maximum atomic E-state index is 13.8. The van der Waals surface area contributed by atoms with Crippen LogP contribution in [0.3, 0.4) is 0 Å². The van der Waals surface area contributed by atoms with Crippen LogP contribution in [0.5, 0.6) is 0 Å². The highest BCUT2D eigenvalue weighted by Crippen LogP contribution is 2.19. The second kappa shape index (κ2) is 8.56. The van der Waals surface area contributed by atoms with Crippen molar-refractivity contribution in [3.8, 4) is 0 Å². The van der Waals surface area contributed by atoms with Crippen molar-refractivity contribution >= 4 is 11.6 Å². The van der Waals surface area contributed by atoms with Crippen molar-refractivity contribution in [3.05, 3.63) is 102 Å². The number of anilines is 1. The van der Waals surface area contributed by atoms with Crippen LogP contribution in [0.1, 0.15) is 24.1 Å². The lowest BCUT2D eigenvalue weighted by Crippen LogP contribution is -2.92. The van der Waals surface area contributed by atoms with Crippen LogP contribution >= 0.6 is 0 Å². The van der Waals surface area contributed by atoms with Gasteiger partial charge >= 0.3 is 0 Å². The highest BCUT2D eigenvalue weighted by molar-refractivity contribution is 5.93. The Morgan fingerprint density at radius 1 is 0.815 bits per heavy atom. The smallest absolute Gasteiger partial charge is 0.282 e. The van der Waals surface area contributed by atoms with Crippen LogP contribution in [-0.4, -0.2) is 11.9 Å². The molecule has 0 saturated carbocycles. The van der Waals surface area contributed by atoms with Crippen LogP contribution in [-0.2, 0) is 4.79 Å².